The number of rotatable bonds is 8. The molecule has 0 aliphatic carbocycles. The fraction of sp³-hybridized carbons (Fsp3) is 0.333. The lowest BCUT2D eigenvalue weighted by atomic mass is 10.2. The predicted octanol–water partition coefficient (Wildman–Crippen LogP) is 5.17. The second kappa shape index (κ2) is 10.6. The summed E-state index contributed by atoms with van der Waals surface area (Å²) in [6.45, 7) is 7.53. The molecular weight excluding hydrogens is 436 g/mol. The highest BCUT2D eigenvalue weighted by atomic mass is 28.4. The SMILES string of the molecule is COc1ccc(C#CCC[C@H]2O[C@H]2CO[Si](c2ccccc2)(c2ccccc2)C(C)(C)C)cc1. The van der Waals surface area contributed by atoms with Gasteiger partial charge in [-0.3, -0.25) is 0 Å². The number of epoxide rings is 1. The van der Waals surface area contributed by atoms with Crippen molar-refractivity contribution in [3.05, 3.63) is 90.5 Å². The van der Waals surface area contributed by atoms with Gasteiger partial charge < -0.3 is 13.9 Å². The average molecular weight is 471 g/mol. The van der Waals surface area contributed by atoms with Crippen LogP contribution in [0.25, 0.3) is 0 Å². The van der Waals surface area contributed by atoms with Crippen LogP contribution < -0.4 is 15.1 Å². The van der Waals surface area contributed by atoms with Gasteiger partial charge in [-0.25, -0.2) is 0 Å². The third kappa shape index (κ3) is 5.44. The number of ether oxygens (including phenoxy) is 2. The smallest absolute Gasteiger partial charge is 0.261 e. The minimum Gasteiger partial charge on any atom is -0.497 e. The third-order valence-corrected chi connectivity index (χ3v) is 11.4. The molecule has 2 atom stereocenters. The van der Waals surface area contributed by atoms with Crippen LogP contribution in [0, 0.1) is 11.8 Å². The minimum atomic E-state index is -2.51. The first kappa shape index (κ1) is 24.3. The van der Waals surface area contributed by atoms with Gasteiger partial charge in [0.2, 0.25) is 0 Å². The van der Waals surface area contributed by atoms with Crippen molar-refractivity contribution in [3.8, 4) is 17.6 Å². The van der Waals surface area contributed by atoms with Gasteiger partial charge in [0.1, 0.15) is 11.9 Å². The third-order valence-electron chi connectivity index (χ3n) is 6.45. The molecule has 0 bridgehead atoms. The Balaban J connectivity index is 1.41. The molecule has 0 amide bonds. The van der Waals surface area contributed by atoms with Crippen molar-refractivity contribution in [2.45, 2.75) is 50.9 Å². The van der Waals surface area contributed by atoms with Gasteiger partial charge in [-0.1, -0.05) is 93.3 Å². The summed E-state index contributed by atoms with van der Waals surface area (Å²) >= 11 is 0. The second-order valence-corrected chi connectivity index (χ2v) is 14.1. The number of hydrogen-bond donors (Lipinski definition) is 0. The molecule has 34 heavy (non-hydrogen) atoms. The highest BCUT2D eigenvalue weighted by Crippen LogP contribution is 2.38. The first-order valence-corrected chi connectivity index (χ1v) is 13.9. The molecule has 3 nitrogen and oxygen atoms in total. The van der Waals surface area contributed by atoms with E-state index in [1.165, 1.54) is 10.4 Å². The van der Waals surface area contributed by atoms with Gasteiger partial charge in [0, 0.05) is 12.0 Å². The van der Waals surface area contributed by atoms with Crippen LogP contribution in [0.15, 0.2) is 84.9 Å². The number of hydrogen-bond acceptors (Lipinski definition) is 3. The molecule has 4 rings (SSSR count). The number of methoxy groups -OCH3 is 1. The molecule has 1 heterocycles. The van der Waals surface area contributed by atoms with Crippen LogP contribution in [0.4, 0.5) is 0 Å². The van der Waals surface area contributed by atoms with Crippen molar-refractivity contribution in [3.63, 3.8) is 0 Å². The van der Waals surface area contributed by atoms with Crippen LogP contribution in [0.1, 0.15) is 39.2 Å². The van der Waals surface area contributed by atoms with E-state index >= 15 is 0 Å². The van der Waals surface area contributed by atoms with Crippen molar-refractivity contribution >= 4 is 18.7 Å². The van der Waals surface area contributed by atoms with Crippen LogP contribution in [-0.4, -0.2) is 34.2 Å². The van der Waals surface area contributed by atoms with Crippen molar-refractivity contribution in [1.29, 1.82) is 0 Å². The van der Waals surface area contributed by atoms with Crippen molar-refractivity contribution < 1.29 is 13.9 Å². The molecule has 0 spiro atoms. The van der Waals surface area contributed by atoms with Gasteiger partial charge in [0.05, 0.1) is 19.8 Å². The molecule has 176 valence electrons. The van der Waals surface area contributed by atoms with E-state index in [0.29, 0.717) is 6.61 Å². The molecule has 1 aliphatic rings. The largest absolute Gasteiger partial charge is 0.497 e. The van der Waals surface area contributed by atoms with Crippen LogP contribution >= 0.6 is 0 Å². The second-order valence-electron chi connectivity index (χ2n) is 9.76. The summed E-state index contributed by atoms with van der Waals surface area (Å²) in [4.78, 5) is 0. The first-order valence-electron chi connectivity index (χ1n) is 12.0. The van der Waals surface area contributed by atoms with Crippen molar-refractivity contribution in [1.82, 2.24) is 0 Å². The molecule has 3 aromatic carbocycles. The van der Waals surface area contributed by atoms with E-state index in [2.05, 4.69) is 93.3 Å². The van der Waals surface area contributed by atoms with Crippen LogP contribution in [0.2, 0.25) is 5.04 Å². The molecule has 0 N–H and O–H groups in total. The molecule has 1 fully saturated rings. The molecular formula is C30H34O3Si. The molecule has 0 unspecified atom stereocenters. The minimum absolute atomic E-state index is 0.0239. The first-order chi connectivity index (χ1) is 16.4. The van der Waals surface area contributed by atoms with Crippen LogP contribution in [-0.2, 0) is 9.16 Å². The topological polar surface area (TPSA) is 31.0 Å². The Hall–Kier alpha value is -2.84. The Morgan fingerprint density at radius 2 is 1.41 bits per heavy atom. The van der Waals surface area contributed by atoms with E-state index < -0.39 is 8.32 Å². The molecule has 3 aromatic rings. The Bertz CT molecular complexity index is 1070. The number of benzene rings is 3. The Labute approximate surface area is 205 Å². The summed E-state index contributed by atoms with van der Waals surface area (Å²) in [5, 5.41) is 2.58. The molecule has 1 saturated heterocycles. The molecule has 0 aromatic heterocycles. The quantitative estimate of drug-likeness (QED) is 0.259. The molecule has 4 heteroatoms. The van der Waals surface area contributed by atoms with E-state index in [1.54, 1.807) is 7.11 Å². The Morgan fingerprint density at radius 1 is 0.824 bits per heavy atom. The van der Waals surface area contributed by atoms with E-state index in [9.17, 15) is 0 Å². The highest BCUT2D eigenvalue weighted by molar-refractivity contribution is 6.99. The lowest BCUT2D eigenvalue weighted by Gasteiger charge is -2.43. The summed E-state index contributed by atoms with van der Waals surface area (Å²) in [7, 11) is -0.839. The normalized spacial score (nSPS) is 17.5. The van der Waals surface area contributed by atoms with Gasteiger partial charge in [0.25, 0.3) is 8.32 Å². The maximum atomic E-state index is 6.98. The van der Waals surface area contributed by atoms with Gasteiger partial charge in [-0.15, -0.1) is 0 Å². The van der Waals surface area contributed by atoms with Gasteiger partial charge in [-0.05, 0) is 46.1 Å². The average Bonchev–Trinajstić information content (AvgIpc) is 3.61. The zero-order valence-corrected chi connectivity index (χ0v) is 21.6. The maximum absolute atomic E-state index is 6.98. The maximum Gasteiger partial charge on any atom is 0.261 e. The molecule has 1 aliphatic heterocycles. The summed E-state index contributed by atoms with van der Waals surface area (Å²) in [5.41, 5.74) is 1.00. The van der Waals surface area contributed by atoms with E-state index in [1.807, 2.05) is 24.3 Å². The summed E-state index contributed by atoms with van der Waals surface area (Å²) < 4.78 is 18.2. The highest BCUT2D eigenvalue weighted by Gasteiger charge is 2.51. The van der Waals surface area contributed by atoms with E-state index in [4.69, 9.17) is 13.9 Å². The van der Waals surface area contributed by atoms with Gasteiger partial charge in [0.15, 0.2) is 0 Å². The Morgan fingerprint density at radius 3 is 1.94 bits per heavy atom. The molecule has 0 saturated carbocycles. The van der Waals surface area contributed by atoms with E-state index in [0.717, 1.165) is 24.2 Å². The van der Waals surface area contributed by atoms with Crippen LogP contribution in [0.5, 0.6) is 5.75 Å². The van der Waals surface area contributed by atoms with Crippen molar-refractivity contribution in [2.24, 2.45) is 0 Å². The van der Waals surface area contributed by atoms with Gasteiger partial charge >= 0.3 is 0 Å². The van der Waals surface area contributed by atoms with Crippen LogP contribution in [0.3, 0.4) is 0 Å². The standard InChI is InChI=1S/C30H34O3Si/c1-30(2,3)34(26-14-7-5-8-15-26,27-16-9-6-10-17-27)32-23-29-28(33-29)18-12-11-13-24-19-21-25(31-4)22-20-24/h5-10,14-17,19-22,28-29H,12,18,23H2,1-4H3/t28-,29+/m1/s1. The van der Waals surface area contributed by atoms with Gasteiger partial charge in [-0.2, -0.15) is 0 Å². The fourth-order valence-corrected chi connectivity index (χ4v) is 9.17. The summed E-state index contributed by atoms with van der Waals surface area (Å²) in [5.74, 6) is 7.35. The summed E-state index contributed by atoms with van der Waals surface area (Å²) in [6.07, 6.45) is 2.11. The predicted molar refractivity (Wildman–Crippen MR) is 141 cm³/mol. The fourth-order valence-electron chi connectivity index (χ4n) is 4.60. The zero-order chi connectivity index (χ0) is 24.0. The lowest BCUT2D eigenvalue weighted by molar-refractivity contribution is 0.247. The summed E-state index contributed by atoms with van der Waals surface area (Å²) in [6, 6.07) is 29.4. The van der Waals surface area contributed by atoms with Crippen molar-refractivity contribution in [2.75, 3.05) is 13.7 Å². The van der Waals surface area contributed by atoms with E-state index in [-0.39, 0.29) is 17.2 Å². The Kier molecular flexibility index (Phi) is 7.58. The monoisotopic (exact) mass is 470 g/mol. The lowest BCUT2D eigenvalue weighted by Crippen LogP contribution is -2.66. The zero-order valence-electron chi connectivity index (χ0n) is 20.6. The molecule has 0 radical (unpaired) electrons.